The Bertz CT molecular complexity index is 1100. The topological polar surface area (TPSA) is 72.9 Å². The lowest BCUT2D eigenvalue weighted by Gasteiger charge is -2.09. The van der Waals surface area contributed by atoms with Crippen LogP contribution in [0.15, 0.2) is 66.4 Å². The van der Waals surface area contributed by atoms with Crippen LogP contribution in [-0.4, -0.2) is 56.7 Å². The third-order valence-electron chi connectivity index (χ3n) is 5.99. The summed E-state index contributed by atoms with van der Waals surface area (Å²) in [5, 5.41) is 0. The Morgan fingerprint density at radius 3 is 1.30 bits per heavy atom. The van der Waals surface area contributed by atoms with E-state index >= 15 is 0 Å². The zero-order valence-corrected chi connectivity index (χ0v) is 31.1. The molecule has 2 rings (SSSR count). The van der Waals surface area contributed by atoms with Gasteiger partial charge in [-0.05, 0) is 55.8 Å². The van der Waals surface area contributed by atoms with E-state index in [-0.39, 0.29) is 48.5 Å². The van der Waals surface area contributed by atoms with Gasteiger partial charge in [0.15, 0.2) is 11.6 Å². The number of rotatable bonds is 12. The number of para-hydroxylation sites is 1. The minimum absolute atomic E-state index is 0.0370. The van der Waals surface area contributed by atoms with Crippen LogP contribution in [0.1, 0.15) is 95.9 Å². The summed E-state index contributed by atoms with van der Waals surface area (Å²) in [7, 11) is 3.04. The van der Waals surface area contributed by atoms with Crippen molar-refractivity contribution in [1.29, 1.82) is 0 Å². The van der Waals surface area contributed by atoms with Crippen LogP contribution in [0.2, 0.25) is 0 Å². The summed E-state index contributed by atoms with van der Waals surface area (Å²) in [6.45, 7) is 24.0. The van der Waals surface area contributed by atoms with Gasteiger partial charge in [-0.3, -0.25) is 18.8 Å². The molecule has 0 aliphatic rings. The molecule has 0 amide bonds. The zero-order valence-electron chi connectivity index (χ0n) is 32.1. The fourth-order valence-corrected chi connectivity index (χ4v) is 3.29. The first-order valence-electron chi connectivity index (χ1n) is 16.7. The fourth-order valence-electron chi connectivity index (χ4n) is 3.29. The molecule has 0 unspecified atom stereocenters. The Hall–Kier alpha value is -3.48. The lowest BCUT2D eigenvalue weighted by atomic mass is 9.99. The highest BCUT2D eigenvalue weighted by atomic mass is 19.1. The fraction of sp³-hybridized carbons (Fsp3) is 0.564. The predicted molar refractivity (Wildman–Crippen MR) is 192 cm³/mol. The van der Waals surface area contributed by atoms with Gasteiger partial charge >= 0.3 is 0 Å². The van der Waals surface area contributed by atoms with Gasteiger partial charge in [-0.15, -0.1) is 0 Å². The Balaban J connectivity index is -0.000000560. The van der Waals surface area contributed by atoms with Crippen molar-refractivity contribution in [3.05, 3.63) is 71.9 Å². The van der Waals surface area contributed by atoms with Gasteiger partial charge in [0, 0.05) is 37.8 Å². The molecular weight excluding hydrogens is 581 g/mol. The Morgan fingerprint density at radius 2 is 1.07 bits per heavy atom. The van der Waals surface area contributed by atoms with Crippen LogP contribution >= 0.6 is 0 Å². The van der Waals surface area contributed by atoms with E-state index in [0.717, 1.165) is 11.5 Å². The molecule has 0 N–H and O–H groups in total. The third-order valence-corrected chi connectivity index (χ3v) is 5.99. The first kappa shape index (κ1) is 44.6. The number of carbonyl (C=O) groups excluding carboxylic acids is 3. The smallest absolute Gasteiger partial charge is 0.172 e. The number of halogens is 1. The average Bonchev–Trinajstić information content (AvgIpc) is 2.99. The first-order chi connectivity index (χ1) is 21.8. The van der Waals surface area contributed by atoms with E-state index in [2.05, 4.69) is 33.9 Å². The SMILES string of the molecule is CC(C)=CN(C)C.CC(C)C(=O)C(C)C.CC(C)C(=O)COc1ccc(C(C)C)cc1.CC(C)C(=O)COc1ccccc1.[2H]CF. The number of allylic oxidation sites excluding steroid dienone is 1. The number of nitrogens with zero attached hydrogens (tertiary/aromatic N) is 1. The van der Waals surface area contributed by atoms with Crippen LogP contribution in [0.3, 0.4) is 0 Å². The summed E-state index contributed by atoms with van der Waals surface area (Å²) >= 11 is 0. The minimum atomic E-state index is -1.00. The second-order valence-corrected chi connectivity index (χ2v) is 12.7. The lowest BCUT2D eigenvalue weighted by Crippen LogP contribution is -2.16. The molecular formula is C39H64FNO5. The van der Waals surface area contributed by atoms with Gasteiger partial charge in [-0.2, -0.15) is 0 Å². The molecule has 0 aromatic heterocycles. The van der Waals surface area contributed by atoms with Crippen LogP contribution in [0.25, 0.3) is 0 Å². The molecule has 0 saturated carbocycles. The maximum atomic E-state index is 11.4. The van der Waals surface area contributed by atoms with Gasteiger partial charge in [0.05, 0.1) is 8.52 Å². The largest absolute Gasteiger partial charge is 0.486 e. The Labute approximate surface area is 282 Å². The maximum absolute atomic E-state index is 11.4. The summed E-state index contributed by atoms with van der Waals surface area (Å²) in [5.41, 5.74) is 2.62. The number of hydrogen-bond donors (Lipinski definition) is 0. The van der Waals surface area contributed by atoms with E-state index in [4.69, 9.17) is 10.8 Å². The number of alkyl halides is 1. The van der Waals surface area contributed by atoms with Crippen molar-refractivity contribution in [1.82, 2.24) is 4.90 Å². The molecule has 0 fully saturated rings. The summed E-state index contributed by atoms with van der Waals surface area (Å²) in [5.74, 6) is 3.13. The van der Waals surface area contributed by atoms with E-state index in [0.29, 0.717) is 11.7 Å². The summed E-state index contributed by atoms with van der Waals surface area (Å²) in [4.78, 5) is 35.4. The number of benzene rings is 2. The van der Waals surface area contributed by atoms with Gasteiger partial charge < -0.3 is 14.4 Å². The van der Waals surface area contributed by atoms with Gasteiger partial charge in [0.1, 0.15) is 30.5 Å². The molecule has 0 atom stereocenters. The van der Waals surface area contributed by atoms with Crippen molar-refractivity contribution in [3.8, 4) is 11.5 Å². The number of ether oxygens (including phenoxy) is 2. The highest BCUT2D eigenvalue weighted by Gasteiger charge is 2.10. The predicted octanol–water partition coefficient (Wildman–Crippen LogP) is 9.63. The van der Waals surface area contributed by atoms with Gasteiger partial charge in [-0.1, -0.05) is 105 Å². The highest BCUT2D eigenvalue weighted by Crippen LogP contribution is 2.18. The Kier molecular flexibility index (Phi) is 27.0. The van der Waals surface area contributed by atoms with E-state index in [9.17, 15) is 18.8 Å². The zero-order chi connectivity index (χ0) is 37.1. The Morgan fingerprint density at radius 1 is 0.696 bits per heavy atom. The van der Waals surface area contributed by atoms with E-state index in [1.807, 2.05) is 129 Å². The van der Waals surface area contributed by atoms with Crippen LogP contribution < -0.4 is 9.47 Å². The second-order valence-electron chi connectivity index (χ2n) is 12.7. The molecule has 0 aliphatic carbocycles. The molecule has 2 aromatic carbocycles. The summed E-state index contributed by atoms with van der Waals surface area (Å²) in [6.07, 6.45) is 2.08. The number of Topliss-reactive ketones (excluding diaryl/α,β-unsaturated/α-hetero) is 3. The monoisotopic (exact) mass is 646 g/mol. The van der Waals surface area contributed by atoms with Crippen molar-refractivity contribution in [2.45, 2.75) is 89.0 Å². The normalized spacial score (nSPS) is 10.1. The van der Waals surface area contributed by atoms with Crippen LogP contribution in [0.4, 0.5) is 4.39 Å². The molecule has 0 saturated heterocycles. The quantitative estimate of drug-likeness (QED) is 0.229. The molecule has 0 bridgehead atoms. The van der Waals surface area contributed by atoms with Crippen molar-refractivity contribution in [2.24, 2.45) is 23.7 Å². The second kappa shape index (κ2) is 27.8. The van der Waals surface area contributed by atoms with Crippen LogP contribution in [-0.2, 0) is 14.4 Å². The van der Waals surface area contributed by atoms with Crippen molar-refractivity contribution < 1.29 is 29.6 Å². The summed E-state index contributed by atoms with van der Waals surface area (Å²) in [6, 6.07) is 17.3. The van der Waals surface area contributed by atoms with Crippen LogP contribution in [0.5, 0.6) is 11.5 Å². The van der Waals surface area contributed by atoms with Gasteiger partial charge in [-0.25, -0.2) is 0 Å². The molecule has 2 aromatic rings. The molecule has 0 heterocycles. The molecule has 7 heteroatoms. The number of carbonyl (C=O) groups is 3. The molecule has 0 radical (unpaired) electrons. The van der Waals surface area contributed by atoms with Crippen molar-refractivity contribution in [2.75, 3.05) is 34.5 Å². The maximum Gasteiger partial charge on any atom is 0.172 e. The van der Waals surface area contributed by atoms with Gasteiger partial charge in [0.2, 0.25) is 0 Å². The third kappa shape index (κ3) is 26.9. The van der Waals surface area contributed by atoms with E-state index in [1.54, 1.807) is 0 Å². The summed E-state index contributed by atoms with van der Waals surface area (Å²) < 4.78 is 26.2. The first-order valence-corrected chi connectivity index (χ1v) is 16.0. The van der Waals surface area contributed by atoms with E-state index in [1.165, 1.54) is 11.1 Å². The van der Waals surface area contributed by atoms with Gasteiger partial charge in [0.25, 0.3) is 0 Å². The van der Waals surface area contributed by atoms with Crippen molar-refractivity contribution >= 4 is 17.3 Å². The number of ketones is 3. The minimum Gasteiger partial charge on any atom is -0.486 e. The standard InChI is InChI=1S/C14H20O2.C11H14O2.C7H14O.C6H13N.CH3F/c1-10(2)12-5-7-13(8-6-12)16-9-14(15)11(3)4;1-9(2)11(12)8-13-10-6-4-3-5-7-10;1-5(2)7(8)6(3)4;1-6(2)5-7(3)4;1-2/h5-8,10-11H,9H2,1-4H3;3-7,9H,8H2,1-2H3;5-6H,1-4H3;5H,1-4H3;1H3/i;;;;1D. The molecule has 6 nitrogen and oxygen atoms in total. The molecule has 0 spiro atoms. The molecule has 46 heavy (non-hydrogen) atoms. The number of hydrogen-bond acceptors (Lipinski definition) is 6. The lowest BCUT2D eigenvalue weighted by molar-refractivity contribution is -0.125. The average molecular weight is 647 g/mol. The van der Waals surface area contributed by atoms with Crippen LogP contribution in [0, 0.1) is 23.7 Å². The molecule has 0 aliphatic heterocycles. The van der Waals surface area contributed by atoms with Crippen molar-refractivity contribution in [3.63, 3.8) is 0 Å². The van der Waals surface area contributed by atoms with E-state index < -0.39 is 7.15 Å². The highest BCUT2D eigenvalue weighted by molar-refractivity contribution is 5.82. The molecule has 262 valence electrons.